The molecule has 2 aliphatic rings. The maximum atomic E-state index is 12.5. The summed E-state index contributed by atoms with van der Waals surface area (Å²) >= 11 is 0. The highest BCUT2D eigenvalue weighted by Crippen LogP contribution is 2.29. The smallest absolute Gasteiger partial charge is 0.253 e. The molecule has 1 saturated carbocycles. The predicted octanol–water partition coefficient (Wildman–Crippen LogP) is 3.33. The number of ether oxygens (including phenoxy) is 1. The van der Waals surface area contributed by atoms with Crippen molar-refractivity contribution < 1.29 is 9.53 Å². The Morgan fingerprint density at radius 1 is 1.11 bits per heavy atom. The van der Waals surface area contributed by atoms with Gasteiger partial charge in [-0.15, -0.1) is 0 Å². The van der Waals surface area contributed by atoms with Crippen molar-refractivity contribution in [1.29, 1.82) is 0 Å². The maximum Gasteiger partial charge on any atom is 0.253 e. The van der Waals surface area contributed by atoms with Gasteiger partial charge in [-0.05, 0) is 31.0 Å². The number of para-hydroxylation sites is 2. The lowest BCUT2D eigenvalue weighted by molar-refractivity contribution is 0.0937. The second-order valence-corrected chi connectivity index (χ2v) is 7.16. The van der Waals surface area contributed by atoms with E-state index in [0.717, 1.165) is 56.2 Å². The molecular formula is C21H26N4O2. The highest BCUT2D eigenvalue weighted by Gasteiger charge is 2.19. The van der Waals surface area contributed by atoms with Gasteiger partial charge in [0.1, 0.15) is 0 Å². The molecule has 0 bridgehead atoms. The van der Waals surface area contributed by atoms with Crippen LogP contribution < -0.4 is 15.5 Å². The third kappa shape index (κ3) is 4.39. The number of nitrogens with zero attached hydrogens (tertiary/aromatic N) is 2. The average molecular weight is 366 g/mol. The SMILES string of the molecule is O=C(NC1CCCC1)c1cncc(Nc2ccccc2N2CCOCC2)c1. The molecule has 6 heteroatoms. The normalized spacial score (nSPS) is 17.7. The number of aromatic nitrogens is 1. The van der Waals surface area contributed by atoms with Gasteiger partial charge in [-0.3, -0.25) is 9.78 Å². The summed E-state index contributed by atoms with van der Waals surface area (Å²) in [6.45, 7) is 3.24. The third-order valence-electron chi connectivity index (χ3n) is 5.23. The summed E-state index contributed by atoms with van der Waals surface area (Å²) in [4.78, 5) is 19.1. The van der Waals surface area contributed by atoms with E-state index in [2.05, 4.69) is 32.7 Å². The fourth-order valence-electron chi connectivity index (χ4n) is 3.79. The average Bonchev–Trinajstić information content (AvgIpc) is 3.22. The van der Waals surface area contributed by atoms with Gasteiger partial charge in [0, 0.05) is 25.3 Å². The highest BCUT2D eigenvalue weighted by molar-refractivity contribution is 5.95. The number of hydrogen-bond acceptors (Lipinski definition) is 5. The van der Waals surface area contributed by atoms with Gasteiger partial charge in [-0.1, -0.05) is 25.0 Å². The lowest BCUT2D eigenvalue weighted by Crippen LogP contribution is -2.36. The Hall–Kier alpha value is -2.60. The molecule has 2 N–H and O–H groups in total. The molecule has 2 aromatic rings. The zero-order chi connectivity index (χ0) is 18.5. The standard InChI is InChI=1S/C21H26N4O2/c26-21(24-17-5-1-2-6-17)16-13-18(15-22-14-16)23-19-7-3-4-8-20(19)25-9-11-27-12-10-25/h3-4,7-8,13-15,17,23H,1-2,5-6,9-12H2,(H,24,26). The van der Waals surface area contributed by atoms with Crippen LogP contribution in [0, 0.1) is 0 Å². The third-order valence-corrected chi connectivity index (χ3v) is 5.23. The van der Waals surface area contributed by atoms with Gasteiger partial charge < -0.3 is 20.3 Å². The van der Waals surface area contributed by atoms with Crippen LogP contribution in [0.2, 0.25) is 0 Å². The van der Waals surface area contributed by atoms with Gasteiger partial charge in [-0.2, -0.15) is 0 Å². The van der Waals surface area contributed by atoms with Crippen LogP contribution in [0.3, 0.4) is 0 Å². The lowest BCUT2D eigenvalue weighted by Gasteiger charge is -2.30. The molecule has 6 nitrogen and oxygen atoms in total. The van der Waals surface area contributed by atoms with Gasteiger partial charge in [0.05, 0.1) is 42.0 Å². The summed E-state index contributed by atoms with van der Waals surface area (Å²) in [5.41, 5.74) is 3.56. The molecule has 27 heavy (non-hydrogen) atoms. The monoisotopic (exact) mass is 366 g/mol. The number of nitrogens with one attached hydrogen (secondary N) is 2. The minimum absolute atomic E-state index is 0.0421. The van der Waals surface area contributed by atoms with E-state index in [9.17, 15) is 4.79 Å². The quantitative estimate of drug-likeness (QED) is 0.850. The van der Waals surface area contributed by atoms with E-state index >= 15 is 0 Å². The van der Waals surface area contributed by atoms with E-state index < -0.39 is 0 Å². The summed E-state index contributed by atoms with van der Waals surface area (Å²) in [6, 6.07) is 10.4. The number of carbonyl (C=O) groups is 1. The molecule has 142 valence electrons. The Labute approximate surface area is 159 Å². The first-order valence-corrected chi connectivity index (χ1v) is 9.74. The lowest BCUT2D eigenvalue weighted by atomic mass is 10.2. The fourth-order valence-corrected chi connectivity index (χ4v) is 3.79. The minimum atomic E-state index is -0.0421. The zero-order valence-corrected chi connectivity index (χ0v) is 15.5. The van der Waals surface area contributed by atoms with E-state index in [-0.39, 0.29) is 5.91 Å². The molecule has 0 spiro atoms. The number of morpholine rings is 1. The summed E-state index contributed by atoms with van der Waals surface area (Å²) in [5.74, 6) is -0.0421. The van der Waals surface area contributed by atoms with E-state index in [1.54, 1.807) is 12.4 Å². The van der Waals surface area contributed by atoms with Gasteiger partial charge in [0.25, 0.3) is 5.91 Å². The van der Waals surface area contributed by atoms with Gasteiger partial charge >= 0.3 is 0 Å². The van der Waals surface area contributed by atoms with Crippen molar-refractivity contribution in [2.45, 2.75) is 31.7 Å². The van der Waals surface area contributed by atoms with Crippen LogP contribution in [0.4, 0.5) is 17.1 Å². The molecular weight excluding hydrogens is 340 g/mol. The highest BCUT2D eigenvalue weighted by atomic mass is 16.5. The van der Waals surface area contributed by atoms with Crippen molar-refractivity contribution in [3.05, 3.63) is 48.3 Å². The van der Waals surface area contributed by atoms with E-state index in [4.69, 9.17) is 4.74 Å². The van der Waals surface area contributed by atoms with Crippen molar-refractivity contribution >= 4 is 23.0 Å². The van der Waals surface area contributed by atoms with Gasteiger partial charge in [0.2, 0.25) is 0 Å². The molecule has 1 aromatic carbocycles. The Morgan fingerprint density at radius 3 is 2.70 bits per heavy atom. The molecule has 1 aromatic heterocycles. The first-order valence-electron chi connectivity index (χ1n) is 9.74. The minimum Gasteiger partial charge on any atom is -0.378 e. The fraction of sp³-hybridized carbons (Fsp3) is 0.429. The topological polar surface area (TPSA) is 66.5 Å². The number of benzene rings is 1. The van der Waals surface area contributed by atoms with Crippen LogP contribution in [0.1, 0.15) is 36.0 Å². The zero-order valence-electron chi connectivity index (χ0n) is 15.5. The van der Waals surface area contributed by atoms with Crippen molar-refractivity contribution in [3.8, 4) is 0 Å². The Kier molecular flexibility index (Phi) is 5.53. The van der Waals surface area contributed by atoms with Crippen LogP contribution in [0.25, 0.3) is 0 Å². The molecule has 2 fully saturated rings. The molecule has 1 amide bonds. The predicted molar refractivity (Wildman–Crippen MR) is 107 cm³/mol. The summed E-state index contributed by atoms with van der Waals surface area (Å²) < 4.78 is 5.46. The molecule has 2 heterocycles. The Morgan fingerprint density at radius 2 is 1.89 bits per heavy atom. The largest absolute Gasteiger partial charge is 0.378 e. The van der Waals surface area contributed by atoms with E-state index in [0.29, 0.717) is 11.6 Å². The first-order chi connectivity index (χ1) is 13.3. The van der Waals surface area contributed by atoms with Crippen molar-refractivity contribution in [3.63, 3.8) is 0 Å². The maximum absolute atomic E-state index is 12.5. The van der Waals surface area contributed by atoms with Crippen molar-refractivity contribution in [2.75, 3.05) is 36.5 Å². The summed E-state index contributed by atoms with van der Waals surface area (Å²) in [5, 5.41) is 6.55. The molecule has 0 radical (unpaired) electrons. The molecule has 1 aliphatic heterocycles. The van der Waals surface area contributed by atoms with Crippen LogP contribution in [-0.2, 0) is 4.74 Å². The molecule has 1 aliphatic carbocycles. The first kappa shape index (κ1) is 17.8. The second-order valence-electron chi connectivity index (χ2n) is 7.16. The molecule has 0 unspecified atom stereocenters. The number of rotatable bonds is 5. The number of amides is 1. The van der Waals surface area contributed by atoms with E-state index in [1.165, 1.54) is 12.8 Å². The molecule has 1 saturated heterocycles. The second kappa shape index (κ2) is 8.39. The number of carbonyl (C=O) groups excluding carboxylic acids is 1. The summed E-state index contributed by atoms with van der Waals surface area (Å²) in [7, 11) is 0. The van der Waals surface area contributed by atoms with Crippen molar-refractivity contribution in [2.24, 2.45) is 0 Å². The van der Waals surface area contributed by atoms with Gasteiger partial charge in [0.15, 0.2) is 0 Å². The van der Waals surface area contributed by atoms with Crippen LogP contribution in [-0.4, -0.2) is 43.2 Å². The molecule has 0 atom stereocenters. The Bertz CT molecular complexity index is 783. The Balaban J connectivity index is 1.49. The number of hydrogen-bond donors (Lipinski definition) is 2. The van der Waals surface area contributed by atoms with E-state index in [1.807, 2.05) is 18.2 Å². The number of anilines is 3. The van der Waals surface area contributed by atoms with Gasteiger partial charge in [-0.25, -0.2) is 0 Å². The van der Waals surface area contributed by atoms with Crippen LogP contribution in [0.5, 0.6) is 0 Å². The number of pyridine rings is 1. The van der Waals surface area contributed by atoms with Crippen LogP contribution >= 0.6 is 0 Å². The molecule has 4 rings (SSSR count). The van der Waals surface area contributed by atoms with Crippen molar-refractivity contribution in [1.82, 2.24) is 10.3 Å². The van der Waals surface area contributed by atoms with Crippen LogP contribution in [0.15, 0.2) is 42.7 Å². The summed E-state index contributed by atoms with van der Waals surface area (Å²) in [6.07, 6.45) is 7.92.